The number of aliphatic carboxylic acids is 2. The van der Waals surface area contributed by atoms with Crippen LogP contribution in [0.3, 0.4) is 0 Å². The molecule has 0 aliphatic carbocycles. The molecule has 0 fully saturated rings. The van der Waals surface area contributed by atoms with Crippen LogP contribution in [0.15, 0.2) is 30.3 Å². The zero-order chi connectivity index (χ0) is 13.6. The van der Waals surface area contributed by atoms with E-state index in [1.807, 2.05) is 18.2 Å². The van der Waals surface area contributed by atoms with Gasteiger partial charge in [-0.15, -0.1) is 0 Å². The summed E-state index contributed by atoms with van der Waals surface area (Å²) in [5, 5.41) is 17.9. The van der Waals surface area contributed by atoms with E-state index in [0.29, 0.717) is 19.3 Å². The summed E-state index contributed by atoms with van der Waals surface area (Å²) < 4.78 is 0. The zero-order valence-corrected chi connectivity index (χ0v) is 10.4. The smallest absolute Gasteiger partial charge is 0.313 e. The van der Waals surface area contributed by atoms with Gasteiger partial charge in [0.05, 0.1) is 5.41 Å². The van der Waals surface area contributed by atoms with Crippen molar-refractivity contribution in [2.24, 2.45) is 0 Å². The van der Waals surface area contributed by atoms with Gasteiger partial charge in [-0.2, -0.15) is 0 Å². The first-order valence-corrected chi connectivity index (χ1v) is 5.97. The number of unbranched alkanes of at least 4 members (excludes halogenated alkanes) is 1. The molecule has 2 N–H and O–H groups in total. The van der Waals surface area contributed by atoms with Crippen LogP contribution in [0.1, 0.15) is 38.2 Å². The average Bonchev–Trinajstić information content (AvgIpc) is 2.35. The highest BCUT2D eigenvalue weighted by molar-refractivity contribution is 5.80. The van der Waals surface area contributed by atoms with Gasteiger partial charge in [-0.3, -0.25) is 9.59 Å². The number of hydrogen-bond donors (Lipinski definition) is 2. The van der Waals surface area contributed by atoms with Crippen molar-refractivity contribution >= 4 is 11.9 Å². The van der Waals surface area contributed by atoms with E-state index in [2.05, 4.69) is 0 Å². The summed E-state index contributed by atoms with van der Waals surface area (Å²) in [6.07, 6.45) is 1.62. The normalized spacial score (nSPS) is 13.8. The van der Waals surface area contributed by atoms with Gasteiger partial charge in [-0.25, -0.2) is 0 Å². The van der Waals surface area contributed by atoms with Crippen molar-refractivity contribution in [2.75, 3.05) is 0 Å². The van der Waals surface area contributed by atoms with Gasteiger partial charge in [-0.1, -0.05) is 36.8 Å². The first-order chi connectivity index (χ1) is 8.47. The quantitative estimate of drug-likeness (QED) is 0.729. The van der Waals surface area contributed by atoms with Crippen LogP contribution >= 0.6 is 0 Å². The molecular formula is C14H18O4. The molecule has 1 unspecified atom stereocenters. The van der Waals surface area contributed by atoms with E-state index >= 15 is 0 Å². The minimum absolute atomic E-state index is 0.0878. The number of carbonyl (C=O) groups is 2. The molecule has 0 bridgehead atoms. The van der Waals surface area contributed by atoms with Crippen molar-refractivity contribution in [3.05, 3.63) is 35.9 Å². The predicted octanol–water partition coefficient (Wildman–Crippen LogP) is 2.67. The SMILES string of the molecule is CC(CCCCC(=O)O)(C(=O)O)c1ccccc1. The van der Waals surface area contributed by atoms with E-state index in [9.17, 15) is 14.7 Å². The molecule has 18 heavy (non-hydrogen) atoms. The van der Waals surface area contributed by atoms with Crippen molar-refractivity contribution in [2.45, 2.75) is 38.0 Å². The number of carboxylic acids is 2. The molecule has 0 amide bonds. The monoisotopic (exact) mass is 250 g/mol. The van der Waals surface area contributed by atoms with Gasteiger partial charge in [-0.05, 0) is 25.3 Å². The van der Waals surface area contributed by atoms with Gasteiger partial charge in [0, 0.05) is 6.42 Å². The molecule has 1 atom stereocenters. The lowest BCUT2D eigenvalue weighted by molar-refractivity contribution is -0.143. The Morgan fingerprint density at radius 2 is 1.72 bits per heavy atom. The number of rotatable bonds is 7. The van der Waals surface area contributed by atoms with Crippen molar-refractivity contribution < 1.29 is 19.8 Å². The summed E-state index contributed by atoms with van der Waals surface area (Å²) >= 11 is 0. The highest BCUT2D eigenvalue weighted by Gasteiger charge is 2.34. The van der Waals surface area contributed by atoms with E-state index in [-0.39, 0.29) is 6.42 Å². The lowest BCUT2D eigenvalue weighted by Gasteiger charge is -2.25. The Morgan fingerprint density at radius 3 is 2.22 bits per heavy atom. The van der Waals surface area contributed by atoms with Crippen LogP contribution in [0.2, 0.25) is 0 Å². The average molecular weight is 250 g/mol. The van der Waals surface area contributed by atoms with Crippen LogP contribution < -0.4 is 0 Å². The molecule has 0 aromatic heterocycles. The number of carboxylic acid groups (broad SMARTS) is 2. The molecule has 0 aliphatic rings. The standard InChI is InChI=1S/C14H18O4/c1-14(13(17)18,10-6-5-9-12(15)16)11-7-3-2-4-8-11/h2-4,7-8H,5-6,9-10H2,1H3,(H,15,16)(H,17,18). The van der Waals surface area contributed by atoms with Crippen LogP contribution in [0.5, 0.6) is 0 Å². The van der Waals surface area contributed by atoms with Gasteiger partial charge < -0.3 is 10.2 Å². The third-order valence-corrected chi connectivity index (χ3v) is 3.20. The fraction of sp³-hybridized carbons (Fsp3) is 0.429. The molecule has 0 heterocycles. The lowest BCUT2D eigenvalue weighted by atomic mass is 9.78. The van der Waals surface area contributed by atoms with E-state index < -0.39 is 17.4 Å². The first kappa shape index (κ1) is 14.2. The molecular weight excluding hydrogens is 232 g/mol. The van der Waals surface area contributed by atoms with Crippen LogP contribution in [-0.2, 0) is 15.0 Å². The largest absolute Gasteiger partial charge is 0.481 e. The Bertz CT molecular complexity index is 413. The fourth-order valence-electron chi connectivity index (χ4n) is 1.94. The summed E-state index contributed by atoms with van der Waals surface area (Å²) in [5.41, 5.74) is -0.187. The maximum atomic E-state index is 11.4. The summed E-state index contributed by atoms with van der Waals surface area (Å²) in [5.74, 6) is -1.71. The molecule has 1 aromatic carbocycles. The Morgan fingerprint density at radius 1 is 1.11 bits per heavy atom. The van der Waals surface area contributed by atoms with E-state index in [1.54, 1.807) is 19.1 Å². The Balaban J connectivity index is 2.70. The number of hydrogen-bond acceptors (Lipinski definition) is 2. The molecule has 1 rings (SSSR count). The van der Waals surface area contributed by atoms with Crippen LogP contribution in [0, 0.1) is 0 Å². The third-order valence-electron chi connectivity index (χ3n) is 3.20. The summed E-state index contributed by atoms with van der Waals surface area (Å²) in [7, 11) is 0. The molecule has 98 valence electrons. The van der Waals surface area contributed by atoms with E-state index in [4.69, 9.17) is 5.11 Å². The second kappa shape index (κ2) is 6.19. The van der Waals surface area contributed by atoms with Crippen LogP contribution in [0.4, 0.5) is 0 Å². The maximum Gasteiger partial charge on any atom is 0.313 e. The van der Waals surface area contributed by atoms with Crippen molar-refractivity contribution in [1.29, 1.82) is 0 Å². The summed E-state index contributed by atoms with van der Waals surface area (Å²) in [6.45, 7) is 1.69. The molecule has 1 aromatic rings. The molecule has 4 heteroatoms. The minimum Gasteiger partial charge on any atom is -0.481 e. The fourth-order valence-corrected chi connectivity index (χ4v) is 1.94. The van der Waals surface area contributed by atoms with Crippen LogP contribution in [0.25, 0.3) is 0 Å². The van der Waals surface area contributed by atoms with Gasteiger partial charge in [0.1, 0.15) is 0 Å². The van der Waals surface area contributed by atoms with E-state index in [1.165, 1.54) is 0 Å². The molecule has 0 aliphatic heterocycles. The minimum atomic E-state index is -0.945. The summed E-state index contributed by atoms with van der Waals surface area (Å²) in [6, 6.07) is 9.06. The molecule has 0 saturated heterocycles. The highest BCUT2D eigenvalue weighted by Crippen LogP contribution is 2.30. The van der Waals surface area contributed by atoms with Gasteiger partial charge in [0.2, 0.25) is 0 Å². The second-order valence-electron chi connectivity index (χ2n) is 4.60. The maximum absolute atomic E-state index is 11.4. The Labute approximate surface area is 106 Å². The van der Waals surface area contributed by atoms with Crippen molar-refractivity contribution in [1.82, 2.24) is 0 Å². The predicted molar refractivity (Wildman–Crippen MR) is 67.5 cm³/mol. The highest BCUT2D eigenvalue weighted by atomic mass is 16.4. The lowest BCUT2D eigenvalue weighted by Crippen LogP contribution is -2.32. The van der Waals surface area contributed by atoms with Crippen LogP contribution in [-0.4, -0.2) is 22.2 Å². The Kier molecular flexibility index (Phi) is 4.89. The van der Waals surface area contributed by atoms with Gasteiger partial charge in [0.25, 0.3) is 0 Å². The molecule has 0 radical (unpaired) electrons. The number of benzene rings is 1. The Hall–Kier alpha value is -1.84. The summed E-state index contributed by atoms with van der Waals surface area (Å²) in [4.78, 5) is 21.8. The van der Waals surface area contributed by atoms with E-state index in [0.717, 1.165) is 5.56 Å². The van der Waals surface area contributed by atoms with Gasteiger partial charge >= 0.3 is 11.9 Å². The molecule has 4 nitrogen and oxygen atoms in total. The molecule has 0 spiro atoms. The zero-order valence-electron chi connectivity index (χ0n) is 10.4. The molecule has 0 saturated carbocycles. The van der Waals surface area contributed by atoms with Gasteiger partial charge in [0.15, 0.2) is 0 Å². The second-order valence-corrected chi connectivity index (χ2v) is 4.60. The third kappa shape index (κ3) is 3.58. The topological polar surface area (TPSA) is 74.6 Å². The van der Waals surface area contributed by atoms with Crippen molar-refractivity contribution in [3.63, 3.8) is 0 Å². The first-order valence-electron chi connectivity index (χ1n) is 5.97. The van der Waals surface area contributed by atoms with Crippen molar-refractivity contribution in [3.8, 4) is 0 Å².